The summed E-state index contributed by atoms with van der Waals surface area (Å²) in [6.45, 7) is 4.17. The van der Waals surface area contributed by atoms with E-state index in [0.717, 1.165) is 22.2 Å². The second-order valence-corrected chi connectivity index (χ2v) is 5.84. The number of rotatable bonds is 4. The molecule has 2 N–H and O–H groups in total. The molecule has 104 valence electrons. The summed E-state index contributed by atoms with van der Waals surface area (Å²) >= 11 is 1.64. The number of hydrogen-bond acceptors (Lipinski definition) is 6. The van der Waals surface area contributed by atoms with Crippen molar-refractivity contribution in [3.8, 4) is 11.4 Å². The summed E-state index contributed by atoms with van der Waals surface area (Å²) in [5.41, 5.74) is 7.94. The molecule has 0 aromatic carbocycles. The summed E-state index contributed by atoms with van der Waals surface area (Å²) in [6.07, 6.45) is 2.74. The zero-order valence-corrected chi connectivity index (χ0v) is 12.2. The van der Waals surface area contributed by atoms with E-state index in [2.05, 4.69) is 29.0 Å². The number of fused-ring (bicyclic) bond motifs is 1. The molecule has 3 aromatic rings. The van der Waals surface area contributed by atoms with Gasteiger partial charge in [-0.1, -0.05) is 25.4 Å². The van der Waals surface area contributed by atoms with Crippen LogP contribution in [0.15, 0.2) is 28.2 Å². The maximum absolute atomic E-state index is 6.10. The smallest absolute Gasteiger partial charge is 0.244 e. The van der Waals surface area contributed by atoms with E-state index in [1.807, 2.05) is 17.5 Å². The zero-order valence-electron chi connectivity index (χ0n) is 11.4. The third-order valence-electron chi connectivity index (χ3n) is 3.54. The minimum absolute atomic E-state index is 0.223. The van der Waals surface area contributed by atoms with E-state index in [0.29, 0.717) is 17.6 Å². The number of thiophene rings is 1. The highest BCUT2D eigenvalue weighted by Gasteiger charge is 2.20. The van der Waals surface area contributed by atoms with E-state index in [4.69, 9.17) is 10.3 Å². The molecule has 6 heteroatoms. The summed E-state index contributed by atoms with van der Waals surface area (Å²) < 4.78 is 6.40. The van der Waals surface area contributed by atoms with Crippen LogP contribution in [0.25, 0.3) is 21.6 Å². The Bertz CT molecular complexity index is 721. The fraction of sp³-hybridized carbons (Fsp3) is 0.357. The van der Waals surface area contributed by atoms with Gasteiger partial charge in [-0.2, -0.15) is 4.98 Å². The molecule has 5 nitrogen and oxygen atoms in total. The first-order valence-electron chi connectivity index (χ1n) is 6.62. The molecule has 2 atom stereocenters. The number of pyridine rings is 1. The zero-order chi connectivity index (χ0) is 14.1. The third kappa shape index (κ3) is 2.32. The van der Waals surface area contributed by atoms with Gasteiger partial charge in [-0.15, -0.1) is 11.3 Å². The van der Waals surface area contributed by atoms with Crippen LogP contribution in [0.3, 0.4) is 0 Å². The molecule has 0 aliphatic carbocycles. The predicted octanol–water partition coefficient (Wildman–Crippen LogP) is 3.39. The molecule has 20 heavy (non-hydrogen) atoms. The van der Waals surface area contributed by atoms with Crippen molar-refractivity contribution in [3.63, 3.8) is 0 Å². The molecule has 3 aromatic heterocycles. The molecule has 3 rings (SSSR count). The minimum Gasteiger partial charge on any atom is -0.337 e. The Morgan fingerprint density at radius 3 is 3.10 bits per heavy atom. The first-order valence-corrected chi connectivity index (χ1v) is 7.49. The van der Waals surface area contributed by atoms with E-state index in [9.17, 15) is 0 Å². The van der Waals surface area contributed by atoms with Crippen molar-refractivity contribution in [3.05, 3.63) is 29.6 Å². The van der Waals surface area contributed by atoms with Gasteiger partial charge < -0.3 is 10.3 Å². The minimum atomic E-state index is -0.223. The molecule has 0 bridgehead atoms. The number of nitrogens with zero attached hydrogens (tertiary/aromatic N) is 3. The number of nitrogens with two attached hydrogens (primary N) is 1. The van der Waals surface area contributed by atoms with Crippen LogP contribution in [0.2, 0.25) is 0 Å². The molecule has 3 heterocycles. The third-order valence-corrected chi connectivity index (χ3v) is 4.40. The highest BCUT2D eigenvalue weighted by atomic mass is 32.1. The van der Waals surface area contributed by atoms with Crippen LogP contribution in [0.4, 0.5) is 0 Å². The summed E-state index contributed by atoms with van der Waals surface area (Å²) in [7, 11) is 0. The largest absolute Gasteiger partial charge is 0.337 e. The first-order chi connectivity index (χ1) is 9.69. The van der Waals surface area contributed by atoms with Crippen molar-refractivity contribution in [2.24, 2.45) is 11.7 Å². The van der Waals surface area contributed by atoms with Crippen molar-refractivity contribution in [2.45, 2.75) is 26.3 Å². The Kier molecular flexibility index (Phi) is 3.50. The lowest BCUT2D eigenvalue weighted by atomic mass is 10.0. The van der Waals surface area contributed by atoms with Gasteiger partial charge in [0.25, 0.3) is 0 Å². The normalized spacial score (nSPS) is 14.6. The van der Waals surface area contributed by atoms with Crippen LogP contribution in [-0.4, -0.2) is 15.1 Å². The molecule has 0 fully saturated rings. The van der Waals surface area contributed by atoms with Gasteiger partial charge in [0.1, 0.15) is 0 Å². The Morgan fingerprint density at radius 1 is 1.45 bits per heavy atom. The van der Waals surface area contributed by atoms with Crippen molar-refractivity contribution in [2.75, 3.05) is 0 Å². The van der Waals surface area contributed by atoms with E-state index in [1.165, 1.54) is 0 Å². The molecule has 0 aliphatic rings. The average molecular weight is 288 g/mol. The fourth-order valence-electron chi connectivity index (χ4n) is 1.95. The van der Waals surface area contributed by atoms with Gasteiger partial charge in [0.2, 0.25) is 11.7 Å². The summed E-state index contributed by atoms with van der Waals surface area (Å²) in [5, 5.41) is 6.03. The number of aromatic nitrogens is 3. The summed E-state index contributed by atoms with van der Waals surface area (Å²) in [5.74, 6) is 1.34. The van der Waals surface area contributed by atoms with Gasteiger partial charge in [-0.25, -0.2) is 0 Å². The van der Waals surface area contributed by atoms with Crippen LogP contribution < -0.4 is 5.73 Å². The lowest BCUT2D eigenvalue weighted by Gasteiger charge is -2.12. The van der Waals surface area contributed by atoms with Crippen LogP contribution in [-0.2, 0) is 0 Å². The Balaban J connectivity index is 1.92. The molecule has 2 unspecified atom stereocenters. The molecular formula is C14H16N4OS. The van der Waals surface area contributed by atoms with E-state index >= 15 is 0 Å². The van der Waals surface area contributed by atoms with E-state index in [1.54, 1.807) is 17.5 Å². The van der Waals surface area contributed by atoms with Crippen LogP contribution >= 0.6 is 11.3 Å². The van der Waals surface area contributed by atoms with E-state index in [-0.39, 0.29) is 6.04 Å². The van der Waals surface area contributed by atoms with Crippen LogP contribution in [0.5, 0.6) is 0 Å². The van der Waals surface area contributed by atoms with Crippen molar-refractivity contribution in [1.29, 1.82) is 0 Å². The monoisotopic (exact) mass is 288 g/mol. The van der Waals surface area contributed by atoms with Gasteiger partial charge in [0.15, 0.2) is 0 Å². The highest BCUT2D eigenvalue weighted by molar-refractivity contribution is 7.17. The van der Waals surface area contributed by atoms with Gasteiger partial charge in [-0.05, 0) is 23.4 Å². The van der Waals surface area contributed by atoms with Crippen LogP contribution in [0, 0.1) is 5.92 Å². The first kappa shape index (κ1) is 13.2. The molecule has 0 radical (unpaired) electrons. The molecule has 0 amide bonds. The van der Waals surface area contributed by atoms with Gasteiger partial charge in [0.05, 0.1) is 16.3 Å². The lowest BCUT2D eigenvalue weighted by Crippen LogP contribution is -2.18. The van der Waals surface area contributed by atoms with Crippen molar-refractivity contribution in [1.82, 2.24) is 15.1 Å². The summed E-state index contributed by atoms with van der Waals surface area (Å²) in [6, 6.07) is 3.79. The second kappa shape index (κ2) is 5.30. The maximum Gasteiger partial charge on any atom is 0.244 e. The number of hydrogen-bond donors (Lipinski definition) is 1. The Labute approximate surface area is 120 Å². The van der Waals surface area contributed by atoms with Crippen molar-refractivity contribution < 1.29 is 4.52 Å². The van der Waals surface area contributed by atoms with E-state index < -0.39 is 0 Å². The van der Waals surface area contributed by atoms with Gasteiger partial charge in [-0.3, -0.25) is 4.98 Å². The molecular weight excluding hydrogens is 272 g/mol. The predicted molar refractivity (Wildman–Crippen MR) is 79.3 cm³/mol. The molecule has 0 spiro atoms. The molecule has 0 aliphatic heterocycles. The fourth-order valence-corrected chi connectivity index (χ4v) is 2.73. The molecule has 0 saturated carbocycles. The van der Waals surface area contributed by atoms with Gasteiger partial charge >= 0.3 is 0 Å². The second-order valence-electron chi connectivity index (χ2n) is 4.90. The topological polar surface area (TPSA) is 77.8 Å². The van der Waals surface area contributed by atoms with Crippen LogP contribution in [0.1, 0.15) is 32.2 Å². The standard InChI is InChI=1S/C14H16N4OS/c1-3-8(2)12(15)14-17-13(18-19-14)9-6-11-10(16-7-9)4-5-20-11/h4-8,12H,3,15H2,1-2H3. The Morgan fingerprint density at radius 2 is 2.30 bits per heavy atom. The maximum atomic E-state index is 6.10. The van der Waals surface area contributed by atoms with Gasteiger partial charge in [0, 0.05) is 11.8 Å². The SMILES string of the molecule is CCC(C)C(N)c1nc(-c2cnc3ccsc3c2)no1. The highest BCUT2D eigenvalue weighted by Crippen LogP contribution is 2.26. The Hall–Kier alpha value is -1.79. The molecule has 0 saturated heterocycles. The average Bonchev–Trinajstić information content (AvgIpc) is 3.13. The summed E-state index contributed by atoms with van der Waals surface area (Å²) in [4.78, 5) is 8.78. The lowest BCUT2D eigenvalue weighted by molar-refractivity contribution is 0.312. The van der Waals surface area contributed by atoms with Crippen molar-refractivity contribution >= 4 is 21.6 Å². The quantitative estimate of drug-likeness (QED) is 0.796.